The van der Waals surface area contributed by atoms with Crippen LogP contribution < -0.4 is 5.73 Å². The molecule has 3 unspecified atom stereocenters. The van der Waals surface area contributed by atoms with Crippen LogP contribution in [-0.4, -0.2) is 52.7 Å². The molecule has 150 valence electrons. The van der Waals surface area contributed by atoms with Gasteiger partial charge in [0.05, 0.1) is 18.9 Å². The Balaban J connectivity index is 2.15. The maximum atomic E-state index is 13.4. The molecule has 0 saturated carbocycles. The molecule has 1 aromatic rings. The van der Waals surface area contributed by atoms with E-state index in [0.29, 0.717) is 25.7 Å². The number of benzene rings is 1. The first-order valence-electron chi connectivity index (χ1n) is 9.43. The molecule has 27 heavy (non-hydrogen) atoms. The quantitative estimate of drug-likeness (QED) is 0.514. The zero-order valence-electron chi connectivity index (χ0n) is 16.0. The van der Waals surface area contributed by atoms with Gasteiger partial charge in [-0.05, 0) is 32.3 Å². The number of likely N-dealkylation sites (tertiary alicyclic amines) is 1. The van der Waals surface area contributed by atoms with Gasteiger partial charge >= 0.3 is 12.0 Å². The SMILES string of the molecule is CCOP(=O)(CC(=O)[N+]1(C(=O)O)CCC[C@H]1C)C(N)CCc1ccccc1. The van der Waals surface area contributed by atoms with Crippen LogP contribution in [0.3, 0.4) is 0 Å². The molecule has 0 aromatic heterocycles. The third-order valence-electron chi connectivity index (χ3n) is 5.45. The molecule has 7 nitrogen and oxygen atoms in total. The van der Waals surface area contributed by atoms with Crippen LogP contribution in [-0.2, 0) is 20.3 Å². The van der Waals surface area contributed by atoms with Gasteiger partial charge in [0.15, 0.2) is 0 Å². The highest BCUT2D eigenvalue weighted by Gasteiger charge is 2.55. The van der Waals surface area contributed by atoms with Crippen molar-refractivity contribution in [1.82, 2.24) is 0 Å². The van der Waals surface area contributed by atoms with Gasteiger partial charge in [0.1, 0.15) is 12.2 Å². The predicted molar refractivity (Wildman–Crippen MR) is 104 cm³/mol. The van der Waals surface area contributed by atoms with Crippen molar-refractivity contribution in [1.29, 1.82) is 0 Å². The second kappa shape index (κ2) is 9.11. The van der Waals surface area contributed by atoms with Gasteiger partial charge in [-0.1, -0.05) is 30.3 Å². The van der Waals surface area contributed by atoms with Crippen LogP contribution in [0.2, 0.25) is 0 Å². The lowest BCUT2D eigenvalue weighted by atomic mass is 10.1. The molecule has 0 aliphatic carbocycles. The van der Waals surface area contributed by atoms with Crippen molar-refractivity contribution in [3.63, 3.8) is 0 Å². The molecule has 2 amide bonds. The highest BCUT2D eigenvalue weighted by molar-refractivity contribution is 7.60. The Morgan fingerprint density at radius 2 is 2.04 bits per heavy atom. The van der Waals surface area contributed by atoms with Gasteiger partial charge in [-0.3, -0.25) is 4.57 Å². The van der Waals surface area contributed by atoms with Gasteiger partial charge in [0, 0.05) is 12.8 Å². The van der Waals surface area contributed by atoms with Gasteiger partial charge in [0.2, 0.25) is 7.37 Å². The minimum atomic E-state index is -3.52. The Bertz CT molecular complexity index is 711. The summed E-state index contributed by atoms with van der Waals surface area (Å²) in [6, 6.07) is 9.33. The molecular weight excluding hydrogens is 367 g/mol. The smallest absolute Gasteiger partial charge is 0.435 e. The van der Waals surface area contributed by atoms with Gasteiger partial charge < -0.3 is 15.4 Å². The molecule has 1 aliphatic rings. The van der Waals surface area contributed by atoms with E-state index >= 15 is 0 Å². The summed E-state index contributed by atoms with van der Waals surface area (Å²) in [4.78, 5) is 24.9. The first-order valence-corrected chi connectivity index (χ1v) is 11.3. The Morgan fingerprint density at radius 1 is 1.37 bits per heavy atom. The molecule has 1 fully saturated rings. The van der Waals surface area contributed by atoms with Crippen molar-refractivity contribution in [2.45, 2.75) is 51.4 Å². The lowest BCUT2D eigenvalue weighted by Crippen LogP contribution is -2.59. The topological polar surface area (TPSA) is 107 Å². The van der Waals surface area contributed by atoms with E-state index in [-0.39, 0.29) is 19.2 Å². The Hall–Kier alpha value is -1.53. The Kier molecular flexibility index (Phi) is 7.34. The third-order valence-corrected chi connectivity index (χ3v) is 8.13. The van der Waals surface area contributed by atoms with Crippen LogP contribution in [0.25, 0.3) is 0 Å². The molecule has 8 heteroatoms. The number of hydrogen-bond acceptors (Lipinski definition) is 5. The standard InChI is InChI=1S/C19H29N2O5P/c1-3-26-27(25,17(20)12-11-16-9-5-4-6-10-16)14-18(22)21(19(23)24)13-7-8-15(21)2/h4-6,9-10,15,17H,3,7-8,11-14,20H2,1-2H3/p+1/t15-,17?,21?,27?/m1/s1. The fraction of sp³-hybridized carbons (Fsp3) is 0.579. The molecule has 3 N–H and O–H groups in total. The Morgan fingerprint density at radius 3 is 2.56 bits per heavy atom. The summed E-state index contributed by atoms with van der Waals surface area (Å²) in [6.45, 7) is 3.83. The van der Waals surface area contributed by atoms with Crippen LogP contribution in [0, 0.1) is 0 Å². The zero-order valence-corrected chi connectivity index (χ0v) is 16.9. The average Bonchev–Trinajstić information content (AvgIpc) is 3.03. The summed E-state index contributed by atoms with van der Waals surface area (Å²) in [5, 5.41) is 9.71. The lowest BCUT2D eigenvalue weighted by molar-refractivity contribution is -0.791. The third kappa shape index (κ3) is 4.66. The second-order valence-electron chi connectivity index (χ2n) is 7.15. The molecule has 1 aliphatic heterocycles. The fourth-order valence-electron chi connectivity index (χ4n) is 3.79. The van der Waals surface area contributed by atoms with E-state index < -0.39 is 35.8 Å². The number of aryl methyl sites for hydroxylation is 1. The summed E-state index contributed by atoms with van der Waals surface area (Å²) in [5.74, 6) is -1.38. The molecule has 4 atom stereocenters. The molecule has 0 bridgehead atoms. The maximum absolute atomic E-state index is 13.4. The van der Waals surface area contributed by atoms with Crippen LogP contribution in [0.4, 0.5) is 4.79 Å². The first kappa shape index (κ1) is 21.8. The number of nitrogens with zero attached hydrogens (tertiary/aromatic N) is 1. The number of carboxylic acid groups (broad SMARTS) is 1. The summed E-state index contributed by atoms with van der Waals surface area (Å²) in [5.41, 5.74) is 7.25. The normalized spacial score (nSPS) is 25.7. The van der Waals surface area contributed by atoms with Gasteiger partial charge in [-0.2, -0.15) is 9.28 Å². The van der Waals surface area contributed by atoms with Crippen molar-refractivity contribution >= 4 is 19.4 Å². The van der Waals surface area contributed by atoms with Gasteiger partial charge in [-0.15, -0.1) is 0 Å². The highest BCUT2D eigenvalue weighted by Crippen LogP contribution is 2.52. The summed E-state index contributed by atoms with van der Waals surface area (Å²) < 4.78 is 18.2. The molecule has 1 heterocycles. The number of imide groups is 1. The van der Waals surface area contributed by atoms with E-state index in [1.54, 1.807) is 13.8 Å². The number of rotatable bonds is 8. The van der Waals surface area contributed by atoms with Crippen LogP contribution in [0.15, 0.2) is 30.3 Å². The molecular formula is C19H30N2O5P+. The number of carbonyl (C=O) groups is 2. The molecule has 0 spiro atoms. The largest absolute Gasteiger partial charge is 0.521 e. The summed E-state index contributed by atoms with van der Waals surface area (Å²) >= 11 is 0. The zero-order chi connectivity index (χ0) is 20.1. The van der Waals surface area contributed by atoms with Crippen LogP contribution >= 0.6 is 7.37 Å². The Labute approximate surface area is 160 Å². The van der Waals surface area contributed by atoms with E-state index in [4.69, 9.17) is 10.3 Å². The average molecular weight is 397 g/mol. The van der Waals surface area contributed by atoms with Crippen molar-refractivity contribution < 1.29 is 28.3 Å². The molecule has 1 aromatic carbocycles. The number of carbonyl (C=O) groups excluding carboxylic acids is 1. The van der Waals surface area contributed by atoms with E-state index in [0.717, 1.165) is 5.56 Å². The van der Waals surface area contributed by atoms with Crippen molar-refractivity contribution in [3.05, 3.63) is 35.9 Å². The first-order chi connectivity index (χ1) is 12.8. The number of amides is 2. The predicted octanol–water partition coefficient (Wildman–Crippen LogP) is 3.42. The van der Waals surface area contributed by atoms with E-state index in [1.807, 2.05) is 30.3 Å². The number of hydrogen-bond donors (Lipinski definition) is 2. The maximum Gasteiger partial charge on any atom is 0.521 e. The number of quaternary nitrogens is 1. The second-order valence-corrected chi connectivity index (χ2v) is 9.84. The van der Waals surface area contributed by atoms with Gasteiger partial charge in [0.25, 0.3) is 0 Å². The van der Waals surface area contributed by atoms with Gasteiger partial charge in [-0.25, -0.2) is 4.79 Å². The summed E-state index contributed by atoms with van der Waals surface area (Å²) in [7, 11) is -3.52. The molecule has 2 rings (SSSR count). The van der Waals surface area contributed by atoms with Crippen molar-refractivity contribution in [3.8, 4) is 0 Å². The summed E-state index contributed by atoms with van der Waals surface area (Å²) in [6.07, 6.45) is 0.688. The molecule has 0 radical (unpaired) electrons. The monoisotopic (exact) mass is 397 g/mol. The van der Waals surface area contributed by atoms with Crippen molar-refractivity contribution in [2.24, 2.45) is 5.73 Å². The van der Waals surface area contributed by atoms with E-state index in [2.05, 4.69) is 0 Å². The van der Waals surface area contributed by atoms with Crippen LogP contribution in [0.5, 0.6) is 0 Å². The minimum absolute atomic E-state index is 0.159. The fourth-order valence-corrected chi connectivity index (χ4v) is 5.89. The lowest BCUT2D eigenvalue weighted by Gasteiger charge is -2.32. The molecule has 1 saturated heterocycles. The van der Waals surface area contributed by atoms with Crippen LogP contribution in [0.1, 0.15) is 38.7 Å². The van der Waals surface area contributed by atoms with E-state index in [9.17, 15) is 19.3 Å². The van der Waals surface area contributed by atoms with Crippen molar-refractivity contribution in [2.75, 3.05) is 19.3 Å². The van der Waals surface area contributed by atoms with E-state index in [1.165, 1.54) is 0 Å². The number of nitrogens with two attached hydrogens (primary N) is 1. The highest BCUT2D eigenvalue weighted by atomic mass is 31.2. The minimum Gasteiger partial charge on any atom is -0.435 e.